The fraction of sp³-hybridized carbons (Fsp3) is 1.00. The second kappa shape index (κ2) is 3.52. The third-order valence-electron chi connectivity index (χ3n) is 3.44. The molecule has 0 spiro atoms. The van der Waals surface area contributed by atoms with Crippen LogP contribution >= 0.6 is 0 Å². The summed E-state index contributed by atoms with van der Waals surface area (Å²) in [6, 6.07) is 1.50. The van der Waals surface area contributed by atoms with Gasteiger partial charge < -0.3 is 0 Å². The van der Waals surface area contributed by atoms with Gasteiger partial charge in [-0.05, 0) is 46.0 Å². The molecule has 0 N–H and O–H groups in total. The molecular formula is C13H27N. The van der Waals surface area contributed by atoms with Crippen LogP contribution in [0.5, 0.6) is 0 Å². The predicted molar refractivity (Wildman–Crippen MR) is 63.5 cm³/mol. The smallest absolute Gasteiger partial charge is 0.0152 e. The molecule has 0 aromatic carbocycles. The first-order valence-corrected chi connectivity index (χ1v) is 5.92. The van der Waals surface area contributed by atoms with Crippen LogP contribution in [-0.4, -0.2) is 22.5 Å². The Morgan fingerprint density at radius 3 is 1.71 bits per heavy atom. The first-order valence-electron chi connectivity index (χ1n) is 5.92. The fourth-order valence-corrected chi connectivity index (χ4v) is 2.96. The summed E-state index contributed by atoms with van der Waals surface area (Å²) < 4.78 is 0. The largest absolute Gasteiger partial charge is 0.292 e. The topological polar surface area (TPSA) is 3.24 Å². The van der Waals surface area contributed by atoms with Crippen LogP contribution in [0.15, 0.2) is 0 Å². The lowest BCUT2D eigenvalue weighted by Gasteiger charge is -2.45. The molecule has 84 valence electrons. The molecule has 2 unspecified atom stereocenters. The first-order chi connectivity index (χ1) is 6.14. The lowest BCUT2D eigenvalue weighted by atomic mass is 9.83. The average Bonchev–Trinajstić information content (AvgIpc) is 2.27. The number of nitrogens with zero attached hydrogens (tertiary/aromatic N) is 1. The zero-order valence-electron chi connectivity index (χ0n) is 11.0. The molecule has 0 aromatic heterocycles. The Balaban J connectivity index is 2.88. The van der Waals surface area contributed by atoms with Crippen molar-refractivity contribution in [2.75, 3.05) is 0 Å². The number of likely N-dealkylation sites (tertiary alicyclic amines) is 1. The van der Waals surface area contributed by atoms with Crippen LogP contribution in [0.1, 0.15) is 61.3 Å². The lowest BCUT2D eigenvalue weighted by molar-refractivity contribution is 0.0308. The van der Waals surface area contributed by atoms with E-state index < -0.39 is 0 Å². The lowest BCUT2D eigenvalue weighted by Crippen LogP contribution is -2.52. The molecule has 0 radical (unpaired) electrons. The molecule has 2 atom stereocenters. The normalized spacial score (nSPS) is 31.1. The van der Waals surface area contributed by atoms with E-state index in [1.165, 1.54) is 12.8 Å². The molecule has 0 saturated carbocycles. The molecule has 1 rings (SSSR count). The summed E-state index contributed by atoms with van der Waals surface area (Å²) in [6.07, 6.45) is 2.72. The summed E-state index contributed by atoms with van der Waals surface area (Å²) in [4.78, 5) is 2.72. The van der Waals surface area contributed by atoms with Crippen LogP contribution in [0, 0.1) is 5.41 Å². The van der Waals surface area contributed by atoms with E-state index in [0.717, 1.165) is 12.1 Å². The molecule has 1 heterocycles. The van der Waals surface area contributed by atoms with E-state index in [1.54, 1.807) is 0 Å². The van der Waals surface area contributed by atoms with Crippen LogP contribution in [0.3, 0.4) is 0 Å². The zero-order valence-corrected chi connectivity index (χ0v) is 11.0. The Morgan fingerprint density at radius 1 is 0.929 bits per heavy atom. The van der Waals surface area contributed by atoms with E-state index in [-0.39, 0.29) is 0 Å². The highest BCUT2D eigenvalue weighted by molar-refractivity contribution is 4.97. The molecule has 1 fully saturated rings. The van der Waals surface area contributed by atoms with Crippen LogP contribution in [0.2, 0.25) is 0 Å². The van der Waals surface area contributed by atoms with Gasteiger partial charge in [0.15, 0.2) is 0 Å². The van der Waals surface area contributed by atoms with Crippen molar-refractivity contribution in [3.05, 3.63) is 0 Å². The highest BCUT2D eigenvalue weighted by Gasteiger charge is 2.42. The molecular weight excluding hydrogens is 170 g/mol. The van der Waals surface area contributed by atoms with Crippen LogP contribution < -0.4 is 0 Å². The minimum absolute atomic E-state index is 0.313. The van der Waals surface area contributed by atoms with Gasteiger partial charge in [0.2, 0.25) is 0 Å². The Hall–Kier alpha value is -0.0400. The van der Waals surface area contributed by atoms with Gasteiger partial charge in [-0.2, -0.15) is 0 Å². The Morgan fingerprint density at radius 2 is 1.43 bits per heavy atom. The predicted octanol–water partition coefficient (Wildman–Crippen LogP) is 3.68. The summed E-state index contributed by atoms with van der Waals surface area (Å²) in [7, 11) is 0. The Labute approximate surface area is 89.9 Å². The van der Waals surface area contributed by atoms with Crippen molar-refractivity contribution in [1.82, 2.24) is 4.90 Å². The molecule has 1 nitrogen and oxygen atoms in total. The van der Waals surface area contributed by atoms with E-state index in [2.05, 4.69) is 53.4 Å². The van der Waals surface area contributed by atoms with Crippen molar-refractivity contribution in [3.8, 4) is 0 Å². The van der Waals surface area contributed by atoms with E-state index in [1.807, 2.05) is 0 Å². The van der Waals surface area contributed by atoms with Gasteiger partial charge in [0.05, 0.1) is 0 Å². The van der Waals surface area contributed by atoms with Gasteiger partial charge >= 0.3 is 0 Å². The number of hydrogen-bond acceptors (Lipinski definition) is 1. The SMILES string of the molecule is CC1CCC(C(C)(C)C)N1C(C)(C)C. The van der Waals surface area contributed by atoms with E-state index >= 15 is 0 Å². The van der Waals surface area contributed by atoms with Gasteiger partial charge in [0.1, 0.15) is 0 Å². The minimum Gasteiger partial charge on any atom is -0.292 e. The summed E-state index contributed by atoms with van der Waals surface area (Å²) in [5.74, 6) is 0. The summed E-state index contributed by atoms with van der Waals surface area (Å²) in [6.45, 7) is 16.5. The van der Waals surface area contributed by atoms with Crippen molar-refractivity contribution in [2.24, 2.45) is 5.41 Å². The standard InChI is InChI=1S/C13H27N/c1-10-8-9-11(12(2,3)4)14(10)13(5,6)7/h10-11H,8-9H2,1-7H3. The average molecular weight is 197 g/mol. The van der Waals surface area contributed by atoms with E-state index in [9.17, 15) is 0 Å². The van der Waals surface area contributed by atoms with Gasteiger partial charge in [-0.1, -0.05) is 20.8 Å². The van der Waals surface area contributed by atoms with Gasteiger partial charge in [-0.15, -0.1) is 0 Å². The van der Waals surface area contributed by atoms with Crippen molar-refractivity contribution < 1.29 is 0 Å². The number of hydrogen-bond donors (Lipinski definition) is 0. The second-order valence-electron chi connectivity index (χ2n) is 6.89. The van der Waals surface area contributed by atoms with E-state index in [4.69, 9.17) is 0 Å². The molecule has 1 heteroatoms. The van der Waals surface area contributed by atoms with Crippen LogP contribution in [0.25, 0.3) is 0 Å². The summed E-state index contributed by atoms with van der Waals surface area (Å²) >= 11 is 0. The van der Waals surface area contributed by atoms with Crippen molar-refractivity contribution in [3.63, 3.8) is 0 Å². The fourth-order valence-electron chi connectivity index (χ4n) is 2.96. The quantitative estimate of drug-likeness (QED) is 0.572. The molecule has 0 aromatic rings. The van der Waals surface area contributed by atoms with Gasteiger partial charge in [-0.25, -0.2) is 0 Å². The Kier molecular flexibility index (Phi) is 3.02. The van der Waals surface area contributed by atoms with Gasteiger partial charge in [-0.3, -0.25) is 4.90 Å². The molecule has 14 heavy (non-hydrogen) atoms. The number of rotatable bonds is 0. The van der Waals surface area contributed by atoms with E-state index in [0.29, 0.717) is 11.0 Å². The van der Waals surface area contributed by atoms with Crippen LogP contribution in [-0.2, 0) is 0 Å². The third-order valence-corrected chi connectivity index (χ3v) is 3.44. The van der Waals surface area contributed by atoms with Crippen molar-refractivity contribution >= 4 is 0 Å². The summed E-state index contributed by atoms with van der Waals surface area (Å²) in [5, 5.41) is 0. The highest BCUT2D eigenvalue weighted by atomic mass is 15.3. The molecule has 0 aliphatic carbocycles. The monoisotopic (exact) mass is 197 g/mol. The van der Waals surface area contributed by atoms with Crippen molar-refractivity contribution in [1.29, 1.82) is 0 Å². The zero-order chi connectivity index (χ0) is 11.1. The maximum Gasteiger partial charge on any atom is 0.0152 e. The third kappa shape index (κ3) is 2.31. The molecule has 1 aliphatic heterocycles. The van der Waals surface area contributed by atoms with Gasteiger partial charge in [0.25, 0.3) is 0 Å². The first kappa shape index (κ1) is 12.0. The molecule has 1 saturated heterocycles. The minimum atomic E-state index is 0.313. The maximum atomic E-state index is 2.72. The molecule has 0 bridgehead atoms. The second-order valence-corrected chi connectivity index (χ2v) is 6.89. The highest BCUT2D eigenvalue weighted by Crippen LogP contribution is 2.40. The van der Waals surface area contributed by atoms with Gasteiger partial charge in [0, 0.05) is 17.6 Å². The molecule has 0 amide bonds. The van der Waals surface area contributed by atoms with Crippen molar-refractivity contribution in [2.45, 2.75) is 78.9 Å². The van der Waals surface area contributed by atoms with Crippen LogP contribution in [0.4, 0.5) is 0 Å². The Bertz CT molecular complexity index is 194. The maximum absolute atomic E-state index is 2.72. The molecule has 1 aliphatic rings. The summed E-state index contributed by atoms with van der Waals surface area (Å²) in [5.41, 5.74) is 0.728.